The van der Waals surface area contributed by atoms with Gasteiger partial charge in [-0.25, -0.2) is 9.78 Å². The van der Waals surface area contributed by atoms with E-state index in [4.69, 9.17) is 9.57 Å². The number of aromatic nitrogens is 2. The average molecular weight is 342 g/mol. The van der Waals surface area contributed by atoms with Gasteiger partial charge in [0.2, 0.25) is 0 Å². The Morgan fingerprint density at radius 2 is 2.16 bits per heavy atom. The van der Waals surface area contributed by atoms with E-state index in [1.807, 2.05) is 42.1 Å². The van der Waals surface area contributed by atoms with Crippen molar-refractivity contribution in [1.82, 2.24) is 19.9 Å². The summed E-state index contributed by atoms with van der Waals surface area (Å²) < 4.78 is 7.79. The van der Waals surface area contributed by atoms with E-state index in [9.17, 15) is 4.79 Å². The number of imidazole rings is 1. The summed E-state index contributed by atoms with van der Waals surface area (Å²) in [6, 6.07) is 7.88. The van der Waals surface area contributed by atoms with Crippen molar-refractivity contribution >= 4 is 6.03 Å². The molecule has 2 amide bonds. The van der Waals surface area contributed by atoms with E-state index in [0.717, 1.165) is 23.4 Å². The minimum Gasteiger partial charge on any atom is -0.370 e. The molecule has 132 valence electrons. The van der Waals surface area contributed by atoms with E-state index in [-0.39, 0.29) is 18.2 Å². The zero-order valence-corrected chi connectivity index (χ0v) is 14.2. The molecule has 0 radical (unpaired) electrons. The van der Waals surface area contributed by atoms with Gasteiger partial charge in [0.25, 0.3) is 0 Å². The van der Waals surface area contributed by atoms with Gasteiger partial charge in [0.05, 0.1) is 6.54 Å². The molecule has 0 saturated carbocycles. The van der Waals surface area contributed by atoms with Crippen LogP contribution in [0.25, 0.3) is 0 Å². The van der Waals surface area contributed by atoms with Crippen molar-refractivity contribution in [2.24, 2.45) is 7.05 Å². The first-order valence-electron chi connectivity index (χ1n) is 8.57. The maximum absolute atomic E-state index is 12.6. The summed E-state index contributed by atoms with van der Waals surface area (Å²) in [6.07, 6.45) is 5.07. The molecule has 0 spiro atoms. The van der Waals surface area contributed by atoms with Crippen LogP contribution in [-0.2, 0) is 29.8 Å². The lowest BCUT2D eigenvalue weighted by molar-refractivity contribution is -0.146. The molecule has 2 aliphatic rings. The van der Waals surface area contributed by atoms with Crippen molar-refractivity contribution in [1.29, 1.82) is 0 Å². The maximum atomic E-state index is 12.6. The molecule has 0 bridgehead atoms. The molecular weight excluding hydrogens is 320 g/mol. The Hall–Kier alpha value is -2.38. The maximum Gasteiger partial charge on any atom is 0.341 e. The molecule has 1 fully saturated rings. The van der Waals surface area contributed by atoms with Crippen LogP contribution in [0.2, 0.25) is 0 Å². The van der Waals surface area contributed by atoms with Crippen LogP contribution in [0.1, 0.15) is 35.9 Å². The first-order valence-corrected chi connectivity index (χ1v) is 8.57. The zero-order chi connectivity index (χ0) is 17.2. The molecule has 1 aromatic heterocycles. The number of rotatable bonds is 2. The van der Waals surface area contributed by atoms with Crippen LogP contribution in [0.15, 0.2) is 36.7 Å². The lowest BCUT2D eigenvalue weighted by Gasteiger charge is -2.33. The SMILES string of the molecule is Cn1ccnc1C1CC(NC(=O)N2Cc3ccccc3CO2)CCO1. The minimum absolute atomic E-state index is 0.0451. The molecule has 7 heteroatoms. The van der Waals surface area contributed by atoms with Crippen LogP contribution in [-0.4, -0.2) is 33.3 Å². The molecule has 7 nitrogen and oxygen atoms in total. The van der Waals surface area contributed by atoms with E-state index in [0.29, 0.717) is 26.2 Å². The van der Waals surface area contributed by atoms with Crippen molar-refractivity contribution in [3.8, 4) is 0 Å². The zero-order valence-electron chi connectivity index (χ0n) is 14.2. The molecule has 1 saturated heterocycles. The largest absolute Gasteiger partial charge is 0.370 e. The number of nitrogens with zero attached hydrogens (tertiary/aromatic N) is 3. The number of benzene rings is 1. The third-order valence-corrected chi connectivity index (χ3v) is 4.79. The highest BCUT2D eigenvalue weighted by Crippen LogP contribution is 2.27. The first kappa shape index (κ1) is 16.1. The van der Waals surface area contributed by atoms with E-state index >= 15 is 0 Å². The number of hydrogen-bond acceptors (Lipinski definition) is 4. The summed E-state index contributed by atoms with van der Waals surface area (Å²) in [7, 11) is 1.95. The lowest BCUT2D eigenvalue weighted by atomic mass is 10.0. The third kappa shape index (κ3) is 3.38. The first-order chi connectivity index (χ1) is 12.2. The van der Waals surface area contributed by atoms with E-state index < -0.39 is 0 Å². The highest BCUT2D eigenvalue weighted by atomic mass is 16.7. The van der Waals surface area contributed by atoms with Gasteiger partial charge in [0.15, 0.2) is 0 Å². The molecule has 4 rings (SSSR count). The van der Waals surface area contributed by atoms with E-state index in [1.54, 1.807) is 6.20 Å². The topological polar surface area (TPSA) is 68.6 Å². The fourth-order valence-electron chi connectivity index (χ4n) is 3.37. The second kappa shape index (κ2) is 6.85. The van der Waals surface area contributed by atoms with Crippen LogP contribution in [0.5, 0.6) is 0 Å². The van der Waals surface area contributed by atoms with Crippen molar-refractivity contribution in [2.75, 3.05) is 6.61 Å². The normalized spacial score (nSPS) is 23.2. The Morgan fingerprint density at radius 3 is 2.96 bits per heavy atom. The molecule has 3 heterocycles. The van der Waals surface area contributed by atoms with Crippen molar-refractivity contribution in [3.05, 3.63) is 53.6 Å². The third-order valence-electron chi connectivity index (χ3n) is 4.79. The summed E-state index contributed by atoms with van der Waals surface area (Å²) >= 11 is 0. The van der Waals surface area contributed by atoms with E-state index in [2.05, 4.69) is 10.3 Å². The molecular formula is C18H22N4O3. The number of amides is 2. The fraction of sp³-hybridized carbons (Fsp3) is 0.444. The summed E-state index contributed by atoms with van der Waals surface area (Å²) in [4.78, 5) is 22.5. The van der Waals surface area contributed by atoms with Crippen LogP contribution in [0, 0.1) is 0 Å². The number of aryl methyl sites for hydroxylation is 1. The number of ether oxygens (including phenoxy) is 1. The van der Waals surface area contributed by atoms with Gasteiger partial charge in [0, 0.05) is 38.5 Å². The number of carbonyl (C=O) groups excluding carboxylic acids is 1. The summed E-state index contributed by atoms with van der Waals surface area (Å²) in [6.45, 7) is 1.49. The van der Waals surface area contributed by atoms with Crippen LogP contribution in [0.4, 0.5) is 4.79 Å². The number of urea groups is 1. The molecule has 2 aliphatic heterocycles. The van der Waals surface area contributed by atoms with Crippen molar-refractivity contribution in [3.63, 3.8) is 0 Å². The lowest BCUT2D eigenvalue weighted by Crippen LogP contribution is -2.47. The van der Waals surface area contributed by atoms with Crippen LogP contribution >= 0.6 is 0 Å². The fourth-order valence-corrected chi connectivity index (χ4v) is 3.37. The predicted molar refractivity (Wildman–Crippen MR) is 90.2 cm³/mol. The highest BCUT2D eigenvalue weighted by molar-refractivity contribution is 5.73. The van der Waals surface area contributed by atoms with Crippen LogP contribution < -0.4 is 5.32 Å². The summed E-state index contributed by atoms with van der Waals surface area (Å²) in [5.74, 6) is 0.891. The quantitative estimate of drug-likeness (QED) is 0.909. The Bertz CT molecular complexity index is 760. The molecule has 2 aromatic rings. The second-order valence-electron chi connectivity index (χ2n) is 6.51. The number of hydrogen-bond donors (Lipinski definition) is 1. The van der Waals surface area contributed by atoms with Gasteiger partial charge >= 0.3 is 6.03 Å². The van der Waals surface area contributed by atoms with Gasteiger partial charge in [-0.05, 0) is 17.5 Å². The van der Waals surface area contributed by atoms with Crippen molar-refractivity contribution < 1.29 is 14.4 Å². The Labute approximate surface area is 146 Å². The van der Waals surface area contributed by atoms with Gasteiger partial charge in [-0.1, -0.05) is 24.3 Å². The molecule has 1 N–H and O–H groups in total. The number of carbonyl (C=O) groups is 1. The molecule has 2 atom stereocenters. The molecule has 2 unspecified atom stereocenters. The van der Waals surface area contributed by atoms with E-state index in [1.165, 1.54) is 5.06 Å². The van der Waals surface area contributed by atoms with Crippen molar-refractivity contribution in [2.45, 2.75) is 38.1 Å². The van der Waals surface area contributed by atoms with Gasteiger partial charge in [0.1, 0.15) is 18.5 Å². The summed E-state index contributed by atoms with van der Waals surface area (Å²) in [5, 5.41) is 4.49. The Kier molecular flexibility index (Phi) is 4.42. The average Bonchev–Trinajstić information content (AvgIpc) is 3.07. The minimum atomic E-state index is -0.194. The Morgan fingerprint density at radius 1 is 1.32 bits per heavy atom. The second-order valence-corrected chi connectivity index (χ2v) is 6.51. The molecule has 1 aromatic carbocycles. The van der Waals surface area contributed by atoms with Gasteiger partial charge in [-0.3, -0.25) is 4.84 Å². The van der Waals surface area contributed by atoms with Gasteiger partial charge < -0.3 is 14.6 Å². The predicted octanol–water partition coefficient (Wildman–Crippen LogP) is 2.30. The smallest absolute Gasteiger partial charge is 0.341 e. The number of fused-ring (bicyclic) bond motifs is 1. The standard InChI is InChI=1S/C18H22N4O3/c1-21-8-7-19-17(21)16-10-15(6-9-24-16)20-18(23)22-11-13-4-2-3-5-14(13)12-25-22/h2-5,7-8,15-16H,6,9-12H2,1H3,(H,20,23). The highest BCUT2D eigenvalue weighted by Gasteiger charge is 2.30. The molecule has 0 aliphatic carbocycles. The number of nitrogens with one attached hydrogen (secondary N) is 1. The monoisotopic (exact) mass is 342 g/mol. The summed E-state index contributed by atoms with van der Waals surface area (Å²) in [5.41, 5.74) is 2.26. The number of hydroxylamine groups is 2. The van der Waals surface area contributed by atoms with Crippen LogP contribution in [0.3, 0.4) is 0 Å². The molecule has 25 heavy (non-hydrogen) atoms. The Balaban J connectivity index is 1.37. The van der Waals surface area contributed by atoms with Gasteiger partial charge in [-0.2, -0.15) is 5.06 Å². The van der Waals surface area contributed by atoms with Gasteiger partial charge in [-0.15, -0.1) is 0 Å².